The number of methoxy groups -OCH3 is 1. The van der Waals surface area contributed by atoms with Gasteiger partial charge in [-0.15, -0.1) is 0 Å². The van der Waals surface area contributed by atoms with E-state index in [2.05, 4.69) is 0 Å². The van der Waals surface area contributed by atoms with E-state index in [-0.39, 0.29) is 36.6 Å². The number of carbonyl (C=O) groups excluding carboxylic acids is 2. The number of likely N-dealkylation sites (tertiary alicyclic amines) is 1. The third-order valence-corrected chi connectivity index (χ3v) is 6.83. The van der Waals surface area contributed by atoms with Gasteiger partial charge < -0.3 is 24.7 Å². The maximum atomic E-state index is 13.6. The van der Waals surface area contributed by atoms with Gasteiger partial charge in [-0.1, -0.05) is 44.5 Å². The Morgan fingerprint density at radius 3 is 2.55 bits per heavy atom. The van der Waals surface area contributed by atoms with Crippen LogP contribution in [-0.2, 0) is 14.4 Å². The van der Waals surface area contributed by atoms with Gasteiger partial charge >= 0.3 is 5.97 Å². The van der Waals surface area contributed by atoms with Crippen LogP contribution in [0.1, 0.15) is 63.7 Å². The number of carboxylic acids is 1. The average molecular weight is 545 g/mol. The van der Waals surface area contributed by atoms with Gasteiger partial charge in [-0.2, -0.15) is 0 Å². The molecule has 0 aromatic heterocycles. The van der Waals surface area contributed by atoms with E-state index in [1.54, 1.807) is 59.4 Å². The van der Waals surface area contributed by atoms with Gasteiger partial charge in [0.15, 0.2) is 0 Å². The molecule has 38 heavy (non-hydrogen) atoms. The average Bonchev–Trinajstić information content (AvgIpc) is 2.89. The van der Waals surface area contributed by atoms with Crippen molar-refractivity contribution in [3.05, 3.63) is 58.6 Å². The summed E-state index contributed by atoms with van der Waals surface area (Å²) in [7, 11) is 1.55. The zero-order valence-corrected chi connectivity index (χ0v) is 23.2. The number of ether oxygens (including phenoxy) is 1. The molecule has 2 N–H and O–H groups in total. The van der Waals surface area contributed by atoms with Crippen molar-refractivity contribution in [1.82, 2.24) is 4.90 Å². The Kier molecular flexibility index (Phi) is 9.79. The molecule has 8 nitrogen and oxygen atoms in total. The number of carboxylic acid groups (broad SMARTS) is 1. The number of aliphatic hydroxyl groups excluding tert-OH is 1. The molecule has 0 aliphatic carbocycles. The van der Waals surface area contributed by atoms with Gasteiger partial charge in [0.25, 0.3) is 0 Å². The minimum absolute atomic E-state index is 0.0207. The number of rotatable bonds is 9. The Morgan fingerprint density at radius 2 is 1.89 bits per heavy atom. The molecule has 0 saturated carbocycles. The number of benzene rings is 2. The van der Waals surface area contributed by atoms with Gasteiger partial charge in [0, 0.05) is 48.7 Å². The van der Waals surface area contributed by atoms with Gasteiger partial charge in [-0.05, 0) is 54.2 Å². The maximum absolute atomic E-state index is 13.6. The number of aliphatic hydroxyl groups is 1. The third kappa shape index (κ3) is 7.71. The highest BCUT2D eigenvalue weighted by molar-refractivity contribution is 6.30. The summed E-state index contributed by atoms with van der Waals surface area (Å²) in [4.78, 5) is 41.0. The Balaban J connectivity index is 1.86. The van der Waals surface area contributed by atoms with Crippen molar-refractivity contribution in [2.24, 2.45) is 11.3 Å². The molecule has 9 heteroatoms. The molecule has 1 heterocycles. The van der Waals surface area contributed by atoms with Crippen molar-refractivity contribution in [2.75, 3.05) is 31.6 Å². The van der Waals surface area contributed by atoms with Crippen molar-refractivity contribution in [3.8, 4) is 5.75 Å². The number of carbonyl (C=O) groups is 3. The molecule has 2 amide bonds. The van der Waals surface area contributed by atoms with Crippen LogP contribution in [0.25, 0.3) is 0 Å². The Labute approximate surface area is 229 Å². The molecule has 3 rings (SSSR count). The lowest BCUT2D eigenvalue weighted by molar-refractivity contribution is -0.146. The summed E-state index contributed by atoms with van der Waals surface area (Å²) < 4.78 is 5.30. The minimum Gasteiger partial charge on any atom is -0.497 e. The number of aliphatic carboxylic acids is 1. The van der Waals surface area contributed by atoms with Gasteiger partial charge in [-0.25, -0.2) is 0 Å². The fourth-order valence-electron chi connectivity index (χ4n) is 4.68. The molecule has 0 spiro atoms. The second-order valence-electron chi connectivity index (χ2n) is 10.9. The van der Waals surface area contributed by atoms with Crippen LogP contribution in [0.4, 0.5) is 5.69 Å². The first-order valence-electron chi connectivity index (χ1n) is 12.8. The van der Waals surface area contributed by atoms with E-state index in [0.717, 1.165) is 0 Å². The standard InChI is InChI=1S/C29H37ClN2O6/c1-29(2,3)18-32(26(34)13-12-25(33)31-14-6-8-20(17-31)28(36)37)24-11-10-21(30)16-23(24)27(35)19-7-5-9-22(15-19)38-4/h5,7,9-11,15-16,20,27,35H,6,8,12-14,17-18H2,1-4H3,(H,36,37). The quantitative estimate of drug-likeness (QED) is 0.464. The van der Waals surface area contributed by atoms with Crippen molar-refractivity contribution >= 4 is 35.1 Å². The van der Waals surface area contributed by atoms with Crippen molar-refractivity contribution in [3.63, 3.8) is 0 Å². The number of piperidine rings is 1. The normalized spacial score (nSPS) is 16.6. The Morgan fingerprint density at radius 1 is 1.16 bits per heavy atom. The van der Waals surface area contributed by atoms with Crippen LogP contribution in [-0.4, -0.2) is 59.6 Å². The van der Waals surface area contributed by atoms with Gasteiger partial charge in [0.05, 0.1) is 13.0 Å². The Bertz CT molecular complexity index is 1160. The van der Waals surface area contributed by atoms with Gasteiger partial charge in [-0.3, -0.25) is 14.4 Å². The monoisotopic (exact) mass is 544 g/mol. The summed E-state index contributed by atoms with van der Waals surface area (Å²) in [6, 6.07) is 12.1. The largest absolute Gasteiger partial charge is 0.497 e. The first-order valence-corrected chi connectivity index (χ1v) is 13.2. The number of amides is 2. The lowest BCUT2D eigenvalue weighted by Crippen LogP contribution is -2.43. The van der Waals surface area contributed by atoms with Crippen LogP contribution in [0.5, 0.6) is 5.75 Å². The molecular weight excluding hydrogens is 508 g/mol. The number of hydrogen-bond donors (Lipinski definition) is 2. The second kappa shape index (κ2) is 12.6. The van der Waals surface area contributed by atoms with Crippen LogP contribution in [0, 0.1) is 11.3 Å². The maximum Gasteiger partial charge on any atom is 0.308 e. The molecule has 0 radical (unpaired) electrons. The smallest absolute Gasteiger partial charge is 0.308 e. The van der Waals surface area contributed by atoms with E-state index in [9.17, 15) is 24.6 Å². The SMILES string of the molecule is COc1cccc(C(O)c2cc(Cl)ccc2N(CC(C)(C)C)C(=O)CCC(=O)N2CCCC(C(=O)O)C2)c1. The lowest BCUT2D eigenvalue weighted by atomic mass is 9.93. The summed E-state index contributed by atoms with van der Waals surface area (Å²) in [5.41, 5.74) is 1.29. The van der Waals surface area contributed by atoms with Crippen molar-refractivity contribution in [1.29, 1.82) is 0 Å². The highest BCUT2D eigenvalue weighted by Crippen LogP contribution is 2.36. The number of anilines is 1. The Hall–Kier alpha value is -3.10. The molecular formula is C29H37ClN2O6. The van der Waals surface area contributed by atoms with Gasteiger partial charge in [0.2, 0.25) is 11.8 Å². The first kappa shape index (κ1) is 29.5. The fraction of sp³-hybridized carbons (Fsp3) is 0.483. The minimum atomic E-state index is -1.07. The van der Waals surface area contributed by atoms with Gasteiger partial charge in [0.1, 0.15) is 11.9 Å². The zero-order chi connectivity index (χ0) is 28.0. The van der Waals surface area contributed by atoms with Crippen molar-refractivity contribution < 1.29 is 29.3 Å². The predicted molar refractivity (Wildman–Crippen MR) is 146 cm³/mol. The summed E-state index contributed by atoms with van der Waals surface area (Å²) in [5, 5.41) is 21.1. The highest BCUT2D eigenvalue weighted by Gasteiger charge is 2.30. The summed E-state index contributed by atoms with van der Waals surface area (Å²) in [5.74, 6) is -1.38. The van der Waals surface area contributed by atoms with E-state index >= 15 is 0 Å². The predicted octanol–water partition coefficient (Wildman–Crippen LogP) is 4.91. The number of nitrogens with zero attached hydrogens (tertiary/aromatic N) is 2. The van der Waals surface area contributed by atoms with Crippen LogP contribution in [0.3, 0.4) is 0 Å². The molecule has 206 valence electrons. The number of hydrogen-bond acceptors (Lipinski definition) is 5. The van der Waals surface area contributed by atoms with E-state index < -0.39 is 18.0 Å². The molecule has 0 bridgehead atoms. The molecule has 2 atom stereocenters. The van der Waals surface area contributed by atoms with Crippen molar-refractivity contribution in [2.45, 2.75) is 52.6 Å². The zero-order valence-electron chi connectivity index (χ0n) is 22.4. The summed E-state index contributed by atoms with van der Waals surface area (Å²) >= 11 is 6.32. The molecule has 1 saturated heterocycles. The number of halogens is 1. The molecule has 2 aromatic rings. The molecule has 1 aliphatic rings. The third-order valence-electron chi connectivity index (χ3n) is 6.59. The molecule has 1 aliphatic heterocycles. The lowest BCUT2D eigenvalue weighted by Gasteiger charge is -2.33. The van der Waals surface area contributed by atoms with E-state index in [0.29, 0.717) is 53.5 Å². The summed E-state index contributed by atoms with van der Waals surface area (Å²) in [6.45, 7) is 7.04. The van der Waals surface area contributed by atoms with Crippen LogP contribution in [0.2, 0.25) is 5.02 Å². The van der Waals surface area contributed by atoms with E-state index in [4.69, 9.17) is 16.3 Å². The fourth-order valence-corrected chi connectivity index (χ4v) is 4.86. The second-order valence-corrected chi connectivity index (χ2v) is 11.4. The molecule has 2 unspecified atom stereocenters. The van der Waals surface area contributed by atoms with E-state index in [1.165, 1.54) is 0 Å². The van der Waals surface area contributed by atoms with Crippen LogP contribution in [0.15, 0.2) is 42.5 Å². The van der Waals surface area contributed by atoms with Crippen LogP contribution < -0.4 is 9.64 Å². The topological polar surface area (TPSA) is 107 Å². The van der Waals surface area contributed by atoms with Crippen LogP contribution >= 0.6 is 11.6 Å². The molecule has 2 aromatic carbocycles. The first-order chi connectivity index (χ1) is 17.9. The molecule has 1 fully saturated rings. The highest BCUT2D eigenvalue weighted by atomic mass is 35.5. The van der Waals surface area contributed by atoms with E-state index in [1.807, 2.05) is 20.8 Å². The summed E-state index contributed by atoms with van der Waals surface area (Å²) in [6.07, 6.45) is 0.0420.